The van der Waals surface area contributed by atoms with Gasteiger partial charge in [-0.3, -0.25) is 9.69 Å². The van der Waals surface area contributed by atoms with Crippen LogP contribution in [0.3, 0.4) is 0 Å². The van der Waals surface area contributed by atoms with Crippen molar-refractivity contribution in [3.05, 3.63) is 0 Å². The highest BCUT2D eigenvalue weighted by molar-refractivity contribution is 5.76. The number of hydrogen-bond acceptors (Lipinski definition) is 4. The molecule has 3 heterocycles. The predicted molar refractivity (Wildman–Crippen MR) is 75.1 cm³/mol. The molecule has 3 saturated heterocycles. The molecule has 0 aromatic carbocycles. The minimum atomic E-state index is 0.360. The van der Waals surface area contributed by atoms with Crippen LogP contribution in [0.15, 0.2) is 0 Å². The van der Waals surface area contributed by atoms with Gasteiger partial charge in [-0.05, 0) is 25.9 Å². The van der Waals surface area contributed by atoms with E-state index in [9.17, 15) is 4.79 Å². The largest absolute Gasteiger partial charge is 0.340 e. The molecule has 3 fully saturated rings. The van der Waals surface area contributed by atoms with Gasteiger partial charge in [0.25, 0.3) is 0 Å². The lowest BCUT2D eigenvalue weighted by Gasteiger charge is -2.43. The molecular formula is C14H26N4O. The molecule has 0 bridgehead atoms. The van der Waals surface area contributed by atoms with Crippen LogP contribution in [0.25, 0.3) is 0 Å². The lowest BCUT2D eigenvalue weighted by Crippen LogP contribution is -2.62. The van der Waals surface area contributed by atoms with Gasteiger partial charge >= 0.3 is 0 Å². The van der Waals surface area contributed by atoms with Crippen LogP contribution in [0.5, 0.6) is 0 Å². The molecule has 19 heavy (non-hydrogen) atoms. The number of piperazine rings is 1. The molecule has 5 nitrogen and oxygen atoms in total. The van der Waals surface area contributed by atoms with Crippen molar-refractivity contribution in [2.45, 2.75) is 25.3 Å². The number of nitrogens with one attached hydrogen (secondary N) is 1. The number of hydrogen-bond donors (Lipinski definition) is 1. The normalized spacial score (nSPS) is 26.6. The molecule has 3 rings (SSSR count). The molecular weight excluding hydrogens is 240 g/mol. The third-order valence-corrected chi connectivity index (χ3v) is 4.78. The van der Waals surface area contributed by atoms with Gasteiger partial charge in [0.15, 0.2) is 0 Å². The van der Waals surface area contributed by atoms with Crippen molar-refractivity contribution in [3.8, 4) is 0 Å². The second kappa shape index (κ2) is 6.20. The Labute approximate surface area is 115 Å². The lowest BCUT2D eigenvalue weighted by molar-refractivity contribution is -0.133. The van der Waals surface area contributed by atoms with Gasteiger partial charge in [-0.2, -0.15) is 0 Å². The summed E-state index contributed by atoms with van der Waals surface area (Å²) in [5.74, 6) is 0.360. The molecule has 1 amide bonds. The summed E-state index contributed by atoms with van der Waals surface area (Å²) in [6.07, 6.45) is 3.33. The monoisotopic (exact) mass is 266 g/mol. The van der Waals surface area contributed by atoms with E-state index in [1.165, 1.54) is 25.9 Å². The summed E-state index contributed by atoms with van der Waals surface area (Å²) in [6.45, 7) is 9.57. The molecule has 0 aliphatic carbocycles. The van der Waals surface area contributed by atoms with Crippen LogP contribution in [0.2, 0.25) is 0 Å². The van der Waals surface area contributed by atoms with Crippen LogP contribution in [0.4, 0.5) is 0 Å². The fourth-order valence-corrected chi connectivity index (χ4v) is 3.29. The Bertz CT molecular complexity index is 305. The van der Waals surface area contributed by atoms with Crippen molar-refractivity contribution in [1.29, 1.82) is 0 Å². The first kappa shape index (κ1) is 13.3. The van der Waals surface area contributed by atoms with Crippen molar-refractivity contribution < 1.29 is 4.79 Å². The van der Waals surface area contributed by atoms with E-state index in [0.29, 0.717) is 12.3 Å². The summed E-state index contributed by atoms with van der Waals surface area (Å²) >= 11 is 0. The molecule has 0 saturated carbocycles. The highest BCUT2D eigenvalue weighted by Crippen LogP contribution is 2.12. The third-order valence-electron chi connectivity index (χ3n) is 4.78. The average Bonchev–Trinajstić information content (AvgIpc) is 2.88. The van der Waals surface area contributed by atoms with Crippen LogP contribution in [0.1, 0.15) is 19.3 Å². The van der Waals surface area contributed by atoms with E-state index in [0.717, 1.165) is 51.9 Å². The van der Waals surface area contributed by atoms with Gasteiger partial charge in [-0.25, -0.2) is 0 Å². The van der Waals surface area contributed by atoms with E-state index in [2.05, 4.69) is 20.0 Å². The SMILES string of the molecule is O=C(CCN1CCCC1)N1CCN(C2CNC2)CC1. The van der Waals surface area contributed by atoms with Crippen molar-refractivity contribution >= 4 is 5.91 Å². The van der Waals surface area contributed by atoms with E-state index in [4.69, 9.17) is 0 Å². The number of carbonyl (C=O) groups excluding carboxylic acids is 1. The van der Waals surface area contributed by atoms with Crippen LogP contribution in [-0.2, 0) is 4.79 Å². The number of likely N-dealkylation sites (tertiary alicyclic amines) is 1. The van der Waals surface area contributed by atoms with Gasteiger partial charge in [0, 0.05) is 58.3 Å². The maximum atomic E-state index is 12.2. The number of rotatable bonds is 4. The molecule has 1 N–H and O–H groups in total. The van der Waals surface area contributed by atoms with E-state index in [1.54, 1.807) is 0 Å². The second-order valence-corrected chi connectivity index (χ2v) is 6.03. The number of carbonyl (C=O) groups is 1. The lowest BCUT2D eigenvalue weighted by atomic mass is 10.1. The van der Waals surface area contributed by atoms with E-state index in [1.807, 2.05) is 0 Å². The maximum Gasteiger partial charge on any atom is 0.223 e. The first-order valence-corrected chi connectivity index (χ1v) is 7.78. The van der Waals surface area contributed by atoms with E-state index < -0.39 is 0 Å². The summed E-state index contributed by atoms with van der Waals surface area (Å²) in [5, 5.41) is 3.32. The average molecular weight is 266 g/mol. The van der Waals surface area contributed by atoms with Gasteiger partial charge < -0.3 is 15.1 Å². The summed E-state index contributed by atoms with van der Waals surface area (Å²) in [5.41, 5.74) is 0. The molecule has 0 atom stereocenters. The molecule has 3 aliphatic rings. The smallest absolute Gasteiger partial charge is 0.223 e. The summed E-state index contributed by atoms with van der Waals surface area (Å²) in [7, 11) is 0. The highest BCUT2D eigenvalue weighted by Gasteiger charge is 2.29. The standard InChI is InChI=1S/C14H26N4O/c19-14(3-6-16-4-1-2-5-16)18-9-7-17(8-10-18)13-11-15-12-13/h13,15H,1-12H2. The minimum absolute atomic E-state index is 0.360. The van der Waals surface area contributed by atoms with Gasteiger partial charge in [0.1, 0.15) is 0 Å². The zero-order valence-corrected chi connectivity index (χ0v) is 11.8. The molecule has 3 aliphatic heterocycles. The van der Waals surface area contributed by atoms with Crippen LogP contribution < -0.4 is 5.32 Å². The molecule has 0 radical (unpaired) electrons. The minimum Gasteiger partial charge on any atom is -0.340 e. The maximum absolute atomic E-state index is 12.2. The molecule has 0 aromatic heterocycles. The van der Waals surface area contributed by atoms with Crippen molar-refractivity contribution in [3.63, 3.8) is 0 Å². The van der Waals surface area contributed by atoms with Crippen molar-refractivity contribution in [1.82, 2.24) is 20.0 Å². The molecule has 0 unspecified atom stereocenters. The van der Waals surface area contributed by atoms with Crippen LogP contribution in [-0.4, -0.2) is 85.6 Å². The van der Waals surface area contributed by atoms with Crippen LogP contribution in [0, 0.1) is 0 Å². The van der Waals surface area contributed by atoms with Crippen molar-refractivity contribution in [2.75, 3.05) is 58.9 Å². The van der Waals surface area contributed by atoms with Gasteiger partial charge in [-0.1, -0.05) is 0 Å². The Kier molecular flexibility index (Phi) is 4.35. The first-order valence-electron chi connectivity index (χ1n) is 7.78. The fourth-order valence-electron chi connectivity index (χ4n) is 3.29. The quantitative estimate of drug-likeness (QED) is 0.751. The Morgan fingerprint density at radius 2 is 1.68 bits per heavy atom. The third kappa shape index (κ3) is 3.27. The zero-order valence-electron chi connectivity index (χ0n) is 11.8. The van der Waals surface area contributed by atoms with E-state index >= 15 is 0 Å². The first-order chi connectivity index (χ1) is 9.33. The van der Waals surface area contributed by atoms with Crippen LogP contribution >= 0.6 is 0 Å². The van der Waals surface area contributed by atoms with Crippen molar-refractivity contribution in [2.24, 2.45) is 0 Å². The zero-order chi connectivity index (χ0) is 13.1. The van der Waals surface area contributed by atoms with Gasteiger partial charge in [-0.15, -0.1) is 0 Å². The Morgan fingerprint density at radius 1 is 1.00 bits per heavy atom. The van der Waals surface area contributed by atoms with Gasteiger partial charge in [0.05, 0.1) is 0 Å². The van der Waals surface area contributed by atoms with Gasteiger partial charge in [0.2, 0.25) is 5.91 Å². The molecule has 5 heteroatoms. The highest BCUT2D eigenvalue weighted by atomic mass is 16.2. The number of amides is 1. The Balaban J connectivity index is 1.36. The Morgan fingerprint density at radius 3 is 2.26 bits per heavy atom. The summed E-state index contributed by atoms with van der Waals surface area (Å²) in [6, 6.07) is 0.724. The molecule has 0 aromatic rings. The molecule has 108 valence electrons. The second-order valence-electron chi connectivity index (χ2n) is 6.03. The molecule has 0 spiro atoms. The predicted octanol–water partition coefficient (Wildman–Crippen LogP) is -0.412. The summed E-state index contributed by atoms with van der Waals surface area (Å²) in [4.78, 5) is 19.2. The summed E-state index contributed by atoms with van der Waals surface area (Å²) < 4.78 is 0. The Hall–Kier alpha value is -0.650. The fraction of sp³-hybridized carbons (Fsp3) is 0.929. The topological polar surface area (TPSA) is 38.8 Å². The number of nitrogens with zero attached hydrogens (tertiary/aromatic N) is 3. The van der Waals surface area contributed by atoms with E-state index in [-0.39, 0.29) is 0 Å².